The fraction of sp³-hybridized carbons (Fsp3) is 0.647. The van der Waals surface area contributed by atoms with Crippen LogP contribution in [0.3, 0.4) is 0 Å². The van der Waals surface area contributed by atoms with E-state index in [1.807, 2.05) is 0 Å². The van der Waals surface area contributed by atoms with Crippen molar-refractivity contribution in [2.24, 2.45) is 17.8 Å². The number of para-hydroxylation sites is 1. The summed E-state index contributed by atoms with van der Waals surface area (Å²) in [5.74, 6) is 3.03. The van der Waals surface area contributed by atoms with Crippen molar-refractivity contribution in [2.45, 2.75) is 45.4 Å². The Labute approximate surface area is 111 Å². The van der Waals surface area contributed by atoms with Gasteiger partial charge in [-0.05, 0) is 55.1 Å². The van der Waals surface area contributed by atoms with Crippen molar-refractivity contribution in [1.29, 1.82) is 0 Å². The van der Waals surface area contributed by atoms with Gasteiger partial charge >= 0.3 is 0 Å². The molecule has 1 aromatic rings. The number of rotatable bonds is 5. The molecule has 1 heteroatoms. The molecule has 1 aromatic carbocycles. The van der Waals surface area contributed by atoms with Gasteiger partial charge in [-0.2, -0.15) is 0 Å². The summed E-state index contributed by atoms with van der Waals surface area (Å²) in [6.45, 7) is 3.45. The van der Waals surface area contributed by atoms with E-state index in [9.17, 15) is 0 Å². The lowest BCUT2D eigenvalue weighted by molar-refractivity contribution is 0.348. The molecule has 0 aliphatic heterocycles. The number of hydrogen-bond acceptors (Lipinski definition) is 1. The highest BCUT2D eigenvalue weighted by atomic mass is 14.9. The van der Waals surface area contributed by atoms with E-state index in [0.29, 0.717) is 0 Å². The zero-order valence-corrected chi connectivity index (χ0v) is 11.5. The molecule has 3 unspecified atom stereocenters. The number of nitrogens with one attached hydrogen (secondary N) is 1. The summed E-state index contributed by atoms with van der Waals surface area (Å²) in [4.78, 5) is 0. The summed E-state index contributed by atoms with van der Waals surface area (Å²) >= 11 is 0. The number of aryl methyl sites for hydroxylation is 1. The summed E-state index contributed by atoms with van der Waals surface area (Å²) in [5.41, 5.74) is 2.87. The molecular formula is C17H25N. The Morgan fingerprint density at radius 3 is 2.78 bits per heavy atom. The van der Waals surface area contributed by atoms with E-state index in [4.69, 9.17) is 0 Å². The van der Waals surface area contributed by atoms with E-state index >= 15 is 0 Å². The largest absolute Gasteiger partial charge is 0.385 e. The van der Waals surface area contributed by atoms with Crippen LogP contribution in [-0.4, -0.2) is 6.54 Å². The lowest BCUT2D eigenvalue weighted by Gasteiger charge is -2.23. The van der Waals surface area contributed by atoms with Crippen molar-refractivity contribution in [3.8, 4) is 0 Å². The number of hydrogen-bond donors (Lipinski definition) is 1. The first-order valence-electron chi connectivity index (χ1n) is 7.68. The second kappa shape index (κ2) is 5.34. The van der Waals surface area contributed by atoms with Crippen molar-refractivity contribution >= 4 is 5.69 Å². The van der Waals surface area contributed by atoms with E-state index in [-0.39, 0.29) is 0 Å². The van der Waals surface area contributed by atoms with Crippen LogP contribution in [0, 0.1) is 17.8 Å². The van der Waals surface area contributed by atoms with Gasteiger partial charge in [-0.3, -0.25) is 0 Å². The molecule has 98 valence electrons. The summed E-state index contributed by atoms with van der Waals surface area (Å²) in [7, 11) is 0. The van der Waals surface area contributed by atoms with Crippen LogP contribution < -0.4 is 5.32 Å². The molecule has 0 amide bonds. The SMILES string of the molecule is CCCc1ccccc1NCC1CC2CCC1C2. The third-order valence-corrected chi connectivity index (χ3v) is 4.98. The van der Waals surface area contributed by atoms with Crippen LogP contribution in [0.4, 0.5) is 5.69 Å². The summed E-state index contributed by atoms with van der Waals surface area (Å²) in [5, 5.41) is 3.72. The smallest absolute Gasteiger partial charge is 0.0372 e. The predicted molar refractivity (Wildman–Crippen MR) is 77.9 cm³/mol. The van der Waals surface area contributed by atoms with Crippen LogP contribution in [0.2, 0.25) is 0 Å². The Kier molecular flexibility index (Phi) is 3.58. The van der Waals surface area contributed by atoms with Gasteiger partial charge in [-0.1, -0.05) is 38.0 Å². The van der Waals surface area contributed by atoms with Crippen molar-refractivity contribution in [1.82, 2.24) is 0 Å². The van der Waals surface area contributed by atoms with Crippen LogP contribution in [0.25, 0.3) is 0 Å². The summed E-state index contributed by atoms with van der Waals surface area (Å²) in [6.07, 6.45) is 8.42. The van der Waals surface area contributed by atoms with Crippen molar-refractivity contribution in [2.75, 3.05) is 11.9 Å². The van der Waals surface area contributed by atoms with Gasteiger partial charge in [0.05, 0.1) is 0 Å². The van der Waals surface area contributed by atoms with Crippen molar-refractivity contribution < 1.29 is 0 Å². The van der Waals surface area contributed by atoms with Gasteiger partial charge in [0.25, 0.3) is 0 Å². The van der Waals surface area contributed by atoms with Crippen LogP contribution in [0.15, 0.2) is 24.3 Å². The topological polar surface area (TPSA) is 12.0 Å². The second-order valence-electron chi connectivity index (χ2n) is 6.22. The van der Waals surface area contributed by atoms with Crippen LogP contribution in [0.1, 0.15) is 44.6 Å². The normalized spacial score (nSPS) is 29.7. The molecule has 3 atom stereocenters. The van der Waals surface area contributed by atoms with Gasteiger partial charge in [0.1, 0.15) is 0 Å². The maximum atomic E-state index is 3.72. The molecule has 2 aliphatic carbocycles. The lowest BCUT2D eigenvalue weighted by atomic mass is 9.89. The average Bonchev–Trinajstić information content (AvgIpc) is 3.00. The maximum absolute atomic E-state index is 3.72. The standard InChI is InChI=1S/C17H25N/c1-2-5-14-6-3-4-7-17(14)18-12-16-11-13-8-9-15(16)10-13/h3-4,6-7,13,15-16,18H,2,5,8-12H2,1H3. The molecule has 3 rings (SSSR count). The molecule has 1 nitrogen and oxygen atoms in total. The van der Waals surface area contributed by atoms with Crippen LogP contribution >= 0.6 is 0 Å². The Bertz CT molecular complexity index is 398. The number of anilines is 1. The highest BCUT2D eigenvalue weighted by Crippen LogP contribution is 2.48. The van der Waals surface area contributed by atoms with Gasteiger partial charge in [0, 0.05) is 12.2 Å². The van der Waals surface area contributed by atoms with Gasteiger partial charge in [0.2, 0.25) is 0 Å². The summed E-state index contributed by atoms with van der Waals surface area (Å²) < 4.78 is 0. The second-order valence-corrected chi connectivity index (χ2v) is 6.22. The maximum Gasteiger partial charge on any atom is 0.0372 e. The third-order valence-electron chi connectivity index (χ3n) is 4.98. The predicted octanol–water partition coefficient (Wildman–Crippen LogP) is 4.49. The molecule has 0 heterocycles. The first kappa shape index (κ1) is 12.1. The van der Waals surface area contributed by atoms with Gasteiger partial charge in [-0.15, -0.1) is 0 Å². The summed E-state index contributed by atoms with van der Waals surface area (Å²) in [6, 6.07) is 8.83. The lowest BCUT2D eigenvalue weighted by Crippen LogP contribution is -2.20. The molecule has 18 heavy (non-hydrogen) atoms. The van der Waals surface area contributed by atoms with Crippen molar-refractivity contribution in [3.63, 3.8) is 0 Å². The van der Waals surface area contributed by atoms with E-state index in [2.05, 4.69) is 36.5 Å². The number of fused-ring (bicyclic) bond motifs is 2. The van der Waals surface area contributed by atoms with Gasteiger partial charge < -0.3 is 5.32 Å². The van der Waals surface area contributed by atoms with E-state index in [1.165, 1.54) is 56.3 Å². The molecule has 0 aromatic heterocycles. The molecule has 2 aliphatic rings. The molecule has 0 radical (unpaired) electrons. The Morgan fingerprint density at radius 1 is 1.17 bits per heavy atom. The minimum absolute atomic E-state index is 0.943. The highest BCUT2D eigenvalue weighted by molar-refractivity contribution is 5.51. The van der Waals surface area contributed by atoms with Crippen LogP contribution in [-0.2, 0) is 6.42 Å². The minimum atomic E-state index is 0.943. The third kappa shape index (κ3) is 2.41. The van der Waals surface area contributed by atoms with E-state index in [0.717, 1.165) is 17.8 Å². The molecule has 0 saturated heterocycles. The van der Waals surface area contributed by atoms with Crippen LogP contribution in [0.5, 0.6) is 0 Å². The zero-order chi connectivity index (χ0) is 12.4. The Balaban J connectivity index is 1.59. The van der Waals surface area contributed by atoms with Gasteiger partial charge in [-0.25, -0.2) is 0 Å². The number of benzene rings is 1. The minimum Gasteiger partial charge on any atom is -0.385 e. The molecule has 0 spiro atoms. The first-order chi connectivity index (χ1) is 8.86. The van der Waals surface area contributed by atoms with Crippen molar-refractivity contribution in [3.05, 3.63) is 29.8 Å². The average molecular weight is 243 g/mol. The van der Waals surface area contributed by atoms with E-state index < -0.39 is 0 Å². The fourth-order valence-electron chi connectivity index (χ4n) is 4.05. The fourth-order valence-corrected chi connectivity index (χ4v) is 4.05. The Hall–Kier alpha value is -0.980. The Morgan fingerprint density at radius 2 is 2.06 bits per heavy atom. The van der Waals surface area contributed by atoms with Gasteiger partial charge in [0.15, 0.2) is 0 Å². The molecule has 2 bridgehead atoms. The molecular weight excluding hydrogens is 218 g/mol. The van der Waals surface area contributed by atoms with E-state index in [1.54, 1.807) is 0 Å². The molecule has 2 saturated carbocycles. The molecule has 1 N–H and O–H groups in total. The highest BCUT2D eigenvalue weighted by Gasteiger charge is 2.38. The zero-order valence-electron chi connectivity index (χ0n) is 11.5. The molecule has 2 fully saturated rings. The monoisotopic (exact) mass is 243 g/mol. The quantitative estimate of drug-likeness (QED) is 0.803. The first-order valence-corrected chi connectivity index (χ1v) is 7.68.